The van der Waals surface area contributed by atoms with Gasteiger partial charge in [0.2, 0.25) is 16.9 Å². The van der Waals surface area contributed by atoms with Crippen LogP contribution in [0.25, 0.3) is 10.2 Å². The molecule has 1 atom stereocenters. The molecule has 0 N–H and O–H groups in total. The lowest BCUT2D eigenvalue weighted by Gasteiger charge is -2.31. The van der Waals surface area contributed by atoms with Gasteiger partial charge < -0.3 is 4.90 Å². The molecule has 2 aliphatic rings. The number of nitrogens with zero attached hydrogens (tertiary/aromatic N) is 5. The van der Waals surface area contributed by atoms with Crippen molar-refractivity contribution in [1.82, 2.24) is 20.1 Å². The molecule has 7 nitrogen and oxygen atoms in total. The third-order valence-electron chi connectivity index (χ3n) is 5.84. The van der Waals surface area contributed by atoms with Gasteiger partial charge in [-0.2, -0.15) is 0 Å². The number of carbonyl (C=O) groups excluding carboxylic acids is 2. The molecule has 168 valence electrons. The Morgan fingerprint density at radius 2 is 2.03 bits per heavy atom. The maximum Gasteiger partial charge on any atom is 0.233 e. The van der Waals surface area contributed by atoms with Gasteiger partial charge >= 0.3 is 0 Å². The molecule has 0 bridgehead atoms. The first kappa shape index (κ1) is 21.8. The predicted octanol–water partition coefficient (Wildman–Crippen LogP) is 4.55. The topological polar surface area (TPSA) is 79.3 Å². The first-order valence-corrected chi connectivity index (χ1v) is 13.7. The lowest BCUT2D eigenvalue weighted by Crippen LogP contribution is -2.40. The fourth-order valence-electron chi connectivity index (χ4n) is 4.01. The second-order valence-electron chi connectivity index (χ2n) is 8.19. The van der Waals surface area contributed by atoms with E-state index in [-0.39, 0.29) is 17.9 Å². The number of anilines is 1. The third kappa shape index (κ3) is 4.67. The zero-order chi connectivity index (χ0) is 22.1. The molecule has 10 heteroatoms. The predicted molar refractivity (Wildman–Crippen MR) is 130 cm³/mol. The van der Waals surface area contributed by atoms with Crippen LogP contribution in [0.1, 0.15) is 50.0 Å². The van der Waals surface area contributed by atoms with Crippen LogP contribution in [0.15, 0.2) is 28.6 Å². The average molecular weight is 488 g/mol. The molecule has 1 aliphatic carbocycles. The summed E-state index contributed by atoms with van der Waals surface area (Å²) in [5.41, 5.74) is 1.04. The van der Waals surface area contributed by atoms with Crippen molar-refractivity contribution >= 4 is 61.6 Å². The number of hydrogen-bond acceptors (Lipinski definition) is 8. The molecule has 2 aromatic heterocycles. The van der Waals surface area contributed by atoms with Crippen LogP contribution < -0.4 is 4.90 Å². The summed E-state index contributed by atoms with van der Waals surface area (Å²) in [5.74, 6) is 0.855. The van der Waals surface area contributed by atoms with E-state index in [9.17, 15) is 9.59 Å². The number of thiazole rings is 1. The number of fused-ring (bicyclic) bond motifs is 1. The first-order valence-electron chi connectivity index (χ1n) is 11.0. The summed E-state index contributed by atoms with van der Waals surface area (Å²) in [6.45, 7) is 3.39. The van der Waals surface area contributed by atoms with Gasteiger partial charge in [0, 0.05) is 31.5 Å². The van der Waals surface area contributed by atoms with Crippen molar-refractivity contribution in [2.45, 2.75) is 55.3 Å². The summed E-state index contributed by atoms with van der Waals surface area (Å²) in [4.78, 5) is 33.8. The number of aromatic nitrogens is 3. The normalized spacial score (nSPS) is 18.8. The molecule has 2 fully saturated rings. The largest absolute Gasteiger partial charge is 0.341 e. The quantitative estimate of drug-likeness (QED) is 0.359. The van der Waals surface area contributed by atoms with Crippen LogP contribution in [-0.2, 0) is 9.59 Å². The molecule has 2 amide bonds. The van der Waals surface area contributed by atoms with Gasteiger partial charge in [-0.1, -0.05) is 42.2 Å². The van der Waals surface area contributed by atoms with Gasteiger partial charge in [0.25, 0.3) is 0 Å². The number of likely N-dealkylation sites (tertiary alicyclic amines) is 1. The number of rotatable bonds is 7. The number of carbonyl (C=O) groups is 2. The highest BCUT2D eigenvalue weighted by molar-refractivity contribution is 8.01. The number of piperidine rings is 1. The van der Waals surface area contributed by atoms with Gasteiger partial charge in [0.15, 0.2) is 4.34 Å². The van der Waals surface area contributed by atoms with Crippen LogP contribution >= 0.6 is 34.4 Å². The summed E-state index contributed by atoms with van der Waals surface area (Å²) in [7, 11) is 0. The van der Waals surface area contributed by atoms with Gasteiger partial charge in [0.1, 0.15) is 0 Å². The van der Waals surface area contributed by atoms with E-state index in [0.29, 0.717) is 23.2 Å². The maximum absolute atomic E-state index is 12.9. The van der Waals surface area contributed by atoms with Gasteiger partial charge in [-0.3, -0.25) is 14.5 Å². The average Bonchev–Trinajstić information content (AvgIpc) is 3.38. The summed E-state index contributed by atoms with van der Waals surface area (Å²) >= 11 is 4.57. The number of thioether (sulfide) groups is 1. The molecule has 1 saturated carbocycles. The van der Waals surface area contributed by atoms with Crippen LogP contribution in [0.4, 0.5) is 5.13 Å². The second kappa shape index (κ2) is 9.44. The van der Waals surface area contributed by atoms with Gasteiger partial charge in [-0.05, 0) is 37.8 Å². The summed E-state index contributed by atoms with van der Waals surface area (Å²) in [6.07, 6.45) is 4.57. The number of amides is 2. The van der Waals surface area contributed by atoms with E-state index in [2.05, 4.69) is 16.3 Å². The standard InChI is InChI=1S/C22H25N5O2S3/c1-2-18(28)27(15-9-10-15)21-24-25-22(32-21)30-13-19(29)26-11-5-6-14(12-26)20-23-16-7-3-4-8-17(16)31-20/h3-4,7-8,14-15H,2,5-6,9-13H2,1H3. The fourth-order valence-corrected chi connectivity index (χ4v) is 6.94. The zero-order valence-electron chi connectivity index (χ0n) is 17.9. The molecular weight excluding hydrogens is 462 g/mol. The fraction of sp³-hybridized carbons (Fsp3) is 0.500. The SMILES string of the molecule is CCC(=O)N(c1nnc(SCC(=O)N2CCCC(c3nc4ccccc4s3)C2)s1)C1CC1. The minimum Gasteiger partial charge on any atom is -0.341 e. The molecule has 32 heavy (non-hydrogen) atoms. The van der Waals surface area contributed by atoms with Gasteiger partial charge in [-0.25, -0.2) is 4.98 Å². The molecule has 5 rings (SSSR count). The molecular formula is C22H25N5O2S3. The van der Waals surface area contributed by atoms with Crippen molar-refractivity contribution < 1.29 is 9.59 Å². The molecule has 1 saturated heterocycles. The molecule has 0 spiro atoms. The lowest BCUT2D eigenvalue weighted by molar-refractivity contribution is -0.129. The Bertz CT molecular complexity index is 1090. The molecule has 3 aromatic rings. The van der Waals surface area contributed by atoms with Crippen molar-refractivity contribution in [3.63, 3.8) is 0 Å². The molecule has 1 aromatic carbocycles. The maximum atomic E-state index is 12.9. The first-order chi connectivity index (χ1) is 15.6. The Labute approximate surface area is 199 Å². The minimum atomic E-state index is 0.0884. The van der Waals surface area contributed by atoms with Crippen molar-refractivity contribution in [2.24, 2.45) is 0 Å². The summed E-state index contributed by atoms with van der Waals surface area (Å²) in [5, 5.41) is 10.2. The van der Waals surface area contributed by atoms with E-state index in [1.165, 1.54) is 27.8 Å². The Morgan fingerprint density at radius 3 is 2.81 bits per heavy atom. The third-order valence-corrected chi connectivity index (χ3v) is 9.08. The van der Waals surface area contributed by atoms with E-state index in [1.54, 1.807) is 16.2 Å². The molecule has 3 heterocycles. The Hall–Kier alpha value is -2.04. The van der Waals surface area contributed by atoms with Crippen molar-refractivity contribution in [1.29, 1.82) is 0 Å². The number of hydrogen-bond donors (Lipinski definition) is 0. The molecule has 0 radical (unpaired) electrons. The highest BCUT2D eigenvalue weighted by Crippen LogP contribution is 2.37. The van der Waals surface area contributed by atoms with Crippen molar-refractivity contribution in [2.75, 3.05) is 23.7 Å². The monoisotopic (exact) mass is 487 g/mol. The van der Waals surface area contributed by atoms with Gasteiger partial charge in [-0.15, -0.1) is 21.5 Å². The van der Waals surface area contributed by atoms with Crippen LogP contribution in [-0.4, -0.2) is 56.8 Å². The van der Waals surface area contributed by atoms with E-state index >= 15 is 0 Å². The second-order valence-corrected chi connectivity index (χ2v) is 11.4. The van der Waals surface area contributed by atoms with E-state index in [4.69, 9.17) is 4.98 Å². The number of benzene rings is 1. The Kier molecular flexibility index (Phi) is 6.43. The summed E-state index contributed by atoms with van der Waals surface area (Å²) < 4.78 is 1.94. The van der Waals surface area contributed by atoms with Gasteiger partial charge in [0.05, 0.1) is 21.0 Å². The minimum absolute atomic E-state index is 0.0884. The summed E-state index contributed by atoms with van der Waals surface area (Å²) in [6, 6.07) is 8.47. The van der Waals surface area contributed by atoms with Crippen LogP contribution in [0, 0.1) is 0 Å². The van der Waals surface area contributed by atoms with Crippen LogP contribution in [0.5, 0.6) is 0 Å². The molecule has 1 aliphatic heterocycles. The zero-order valence-corrected chi connectivity index (χ0v) is 20.3. The van der Waals surface area contributed by atoms with Crippen LogP contribution in [0.2, 0.25) is 0 Å². The van der Waals surface area contributed by atoms with E-state index in [1.807, 2.05) is 30.0 Å². The van der Waals surface area contributed by atoms with Crippen molar-refractivity contribution in [3.05, 3.63) is 29.3 Å². The van der Waals surface area contributed by atoms with E-state index in [0.717, 1.165) is 53.6 Å². The van der Waals surface area contributed by atoms with E-state index < -0.39 is 0 Å². The lowest BCUT2D eigenvalue weighted by atomic mass is 9.99. The highest BCUT2D eigenvalue weighted by Gasteiger charge is 2.35. The van der Waals surface area contributed by atoms with Crippen molar-refractivity contribution in [3.8, 4) is 0 Å². The molecule has 1 unspecified atom stereocenters. The van der Waals surface area contributed by atoms with Crippen LogP contribution in [0.3, 0.4) is 0 Å². The Morgan fingerprint density at radius 1 is 1.19 bits per heavy atom. The number of para-hydroxylation sites is 1. The Balaban J connectivity index is 1.19. The highest BCUT2D eigenvalue weighted by atomic mass is 32.2. The smallest absolute Gasteiger partial charge is 0.233 e.